The summed E-state index contributed by atoms with van der Waals surface area (Å²) < 4.78 is 16.6. The third-order valence-electron chi connectivity index (χ3n) is 6.48. The van der Waals surface area contributed by atoms with Crippen LogP contribution in [0.5, 0.6) is 5.75 Å². The van der Waals surface area contributed by atoms with Gasteiger partial charge in [-0.05, 0) is 47.5 Å². The molecule has 194 valence electrons. The first-order chi connectivity index (χ1) is 18.0. The van der Waals surface area contributed by atoms with E-state index in [1.54, 1.807) is 31.4 Å². The zero-order chi connectivity index (χ0) is 26.2. The summed E-state index contributed by atoms with van der Waals surface area (Å²) in [6, 6.07) is 22.2. The molecule has 1 saturated heterocycles. The molecule has 1 amide bonds. The Morgan fingerprint density at radius 1 is 0.919 bits per heavy atom. The van der Waals surface area contributed by atoms with E-state index in [0.29, 0.717) is 42.4 Å². The van der Waals surface area contributed by atoms with Crippen LogP contribution in [0, 0.1) is 0 Å². The normalized spacial score (nSPS) is 14.7. The Labute approximate surface area is 222 Å². The molecule has 0 radical (unpaired) electrons. The van der Waals surface area contributed by atoms with Crippen molar-refractivity contribution in [2.75, 3.05) is 46.9 Å². The number of carbonyl (C=O) groups excluding carboxylic acids is 2. The first kappa shape index (κ1) is 26.7. The number of rotatable bonds is 9. The lowest BCUT2D eigenvalue weighted by molar-refractivity contribution is 0.00332. The van der Waals surface area contributed by atoms with Gasteiger partial charge in [0.2, 0.25) is 0 Å². The zero-order valence-electron chi connectivity index (χ0n) is 21.1. The number of nitrogens with zero attached hydrogens (tertiary/aromatic N) is 2. The van der Waals surface area contributed by atoms with E-state index in [1.165, 1.54) is 7.11 Å². The number of piperazine rings is 1. The summed E-state index contributed by atoms with van der Waals surface area (Å²) in [5.74, 6) is 0.360. The third kappa shape index (κ3) is 6.89. The highest BCUT2D eigenvalue weighted by atomic mass is 35.5. The molecule has 4 rings (SSSR count). The lowest BCUT2D eigenvalue weighted by Gasteiger charge is -2.36. The van der Waals surface area contributed by atoms with Crippen LogP contribution in [0.15, 0.2) is 72.8 Å². The van der Waals surface area contributed by atoms with E-state index < -0.39 is 0 Å². The van der Waals surface area contributed by atoms with Gasteiger partial charge in [0.1, 0.15) is 5.75 Å². The lowest BCUT2D eigenvalue weighted by Crippen LogP contribution is -2.49. The predicted octanol–water partition coefficient (Wildman–Crippen LogP) is 4.85. The van der Waals surface area contributed by atoms with Gasteiger partial charge in [-0.1, -0.05) is 48.0 Å². The Hall–Kier alpha value is -3.39. The fourth-order valence-corrected chi connectivity index (χ4v) is 4.54. The molecule has 8 heteroatoms. The van der Waals surface area contributed by atoms with Crippen molar-refractivity contribution < 1.29 is 23.8 Å². The number of halogens is 1. The molecule has 0 bridgehead atoms. The Kier molecular flexibility index (Phi) is 9.17. The zero-order valence-corrected chi connectivity index (χ0v) is 21.8. The average molecular weight is 523 g/mol. The topological polar surface area (TPSA) is 68.3 Å². The summed E-state index contributed by atoms with van der Waals surface area (Å²) in [7, 11) is 3.01. The number of amides is 1. The molecule has 37 heavy (non-hydrogen) atoms. The molecule has 0 spiro atoms. The number of ether oxygens (including phenoxy) is 3. The minimum atomic E-state index is -0.367. The van der Waals surface area contributed by atoms with Crippen molar-refractivity contribution in [3.8, 4) is 5.75 Å². The lowest BCUT2D eigenvalue weighted by atomic mass is 10.1. The predicted molar refractivity (Wildman–Crippen MR) is 142 cm³/mol. The van der Waals surface area contributed by atoms with Crippen molar-refractivity contribution in [2.24, 2.45) is 0 Å². The maximum absolute atomic E-state index is 12.9. The van der Waals surface area contributed by atoms with Gasteiger partial charge >= 0.3 is 5.97 Å². The number of benzene rings is 3. The Morgan fingerprint density at radius 2 is 1.65 bits per heavy atom. The molecule has 0 aliphatic carbocycles. The standard InChI is InChI=1S/C29H31ClN2O5/c1-35-24-7-5-6-23(18-24)27(37-20-21-10-12-22(13-11-21)29(34)36-2)19-31-14-16-32(17-15-31)28(33)25-8-3-4-9-26(25)30/h3-13,18,27H,14-17,19-20H2,1-2H3. The highest BCUT2D eigenvalue weighted by Gasteiger charge is 2.26. The van der Waals surface area contributed by atoms with Crippen LogP contribution in [0.4, 0.5) is 0 Å². The number of esters is 1. The van der Waals surface area contributed by atoms with Crippen molar-refractivity contribution in [2.45, 2.75) is 12.7 Å². The van der Waals surface area contributed by atoms with E-state index in [4.69, 9.17) is 25.8 Å². The maximum atomic E-state index is 12.9. The quantitative estimate of drug-likeness (QED) is 0.374. The number of carbonyl (C=O) groups is 2. The van der Waals surface area contributed by atoms with Gasteiger partial charge < -0.3 is 19.1 Å². The van der Waals surface area contributed by atoms with Crippen LogP contribution in [0.3, 0.4) is 0 Å². The Morgan fingerprint density at radius 3 is 2.32 bits per heavy atom. The summed E-state index contributed by atoms with van der Waals surface area (Å²) in [6.07, 6.45) is -0.207. The molecule has 0 N–H and O–H groups in total. The molecule has 3 aromatic carbocycles. The van der Waals surface area contributed by atoms with Gasteiger partial charge in [-0.25, -0.2) is 4.79 Å². The summed E-state index contributed by atoms with van der Waals surface area (Å²) >= 11 is 6.24. The van der Waals surface area contributed by atoms with Crippen molar-refractivity contribution in [1.29, 1.82) is 0 Å². The van der Waals surface area contributed by atoms with Crippen molar-refractivity contribution in [3.63, 3.8) is 0 Å². The van der Waals surface area contributed by atoms with E-state index in [-0.39, 0.29) is 18.0 Å². The van der Waals surface area contributed by atoms with Crippen LogP contribution >= 0.6 is 11.6 Å². The Balaban J connectivity index is 1.41. The molecular weight excluding hydrogens is 492 g/mol. The molecule has 1 aliphatic heterocycles. The van der Waals surface area contributed by atoms with E-state index in [1.807, 2.05) is 53.4 Å². The highest BCUT2D eigenvalue weighted by Crippen LogP contribution is 2.26. The SMILES string of the molecule is COC(=O)c1ccc(COC(CN2CCN(C(=O)c3ccccc3Cl)CC2)c2cccc(OC)c2)cc1. The van der Waals surface area contributed by atoms with E-state index in [0.717, 1.165) is 30.0 Å². The molecule has 0 aromatic heterocycles. The number of methoxy groups -OCH3 is 2. The minimum Gasteiger partial charge on any atom is -0.497 e. The van der Waals surface area contributed by atoms with Gasteiger partial charge in [0, 0.05) is 32.7 Å². The van der Waals surface area contributed by atoms with Gasteiger partial charge in [-0.3, -0.25) is 9.69 Å². The van der Waals surface area contributed by atoms with Gasteiger partial charge in [0.15, 0.2) is 0 Å². The monoisotopic (exact) mass is 522 g/mol. The smallest absolute Gasteiger partial charge is 0.337 e. The molecule has 0 saturated carbocycles. The van der Waals surface area contributed by atoms with Crippen molar-refractivity contribution >= 4 is 23.5 Å². The Bertz CT molecular complexity index is 1210. The molecule has 1 fully saturated rings. The summed E-state index contributed by atoms with van der Waals surface area (Å²) in [5.41, 5.74) is 3.00. The van der Waals surface area contributed by atoms with Crippen LogP contribution in [-0.4, -0.2) is 68.6 Å². The molecule has 1 heterocycles. The third-order valence-corrected chi connectivity index (χ3v) is 6.81. The number of hydrogen-bond donors (Lipinski definition) is 0. The van der Waals surface area contributed by atoms with Gasteiger partial charge in [0.05, 0.1) is 43.1 Å². The molecular formula is C29H31ClN2O5. The van der Waals surface area contributed by atoms with Crippen LogP contribution < -0.4 is 4.74 Å². The van der Waals surface area contributed by atoms with Crippen LogP contribution in [0.2, 0.25) is 5.02 Å². The first-order valence-corrected chi connectivity index (χ1v) is 12.5. The van der Waals surface area contributed by atoms with Crippen LogP contribution in [0.1, 0.15) is 37.9 Å². The second kappa shape index (κ2) is 12.7. The molecule has 1 aliphatic rings. The van der Waals surface area contributed by atoms with Crippen LogP contribution in [0.25, 0.3) is 0 Å². The first-order valence-electron chi connectivity index (χ1n) is 12.2. The fraction of sp³-hybridized carbons (Fsp3) is 0.310. The molecule has 3 aromatic rings. The minimum absolute atomic E-state index is 0.0405. The van der Waals surface area contributed by atoms with Gasteiger partial charge in [0.25, 0.3) is 5.91 Å². The van der Waals surface area contributed by atoms with Crippen molar-refractivity contribution in [1.82, 2.24) is 9.80 Å². The number of hydrogen-bond acceptors (Lipinski definition) is 6. The summed E-state index contributed by atoms with van der Waals surface area (Å²) in [6.45, 7) is 3.74. The van der Waals surface area contributed by atoms with Gasteiger partial charge in [-0.2, -0.15) is 0 Å². The van der Waals surface area contributed by atoms with E-state index in [2.05, 4.69) is 4.90 Å². The van der Waals surface area contributed by atoms with Gasteiger partial charge in [-0.15, -0.1) is 0 Å². The summed E-state index contributed by atoms with van der Waals surface area (Å²) in [4.78, 5) is 28.8. The average Bonchev–Trinajstić information content (AvgIpc) is 2.95. The second-order valence-corrected chi connectivity index (χ2v) is 9.24. The maximum Gasteiger partial charge on any atom is 0.337 e. The largest absolute Gasteiger partial charge is 0.497 e. The van der Waals surface area contributed by atoms with E-state index in [9.17, 15) is 9.59 Å². The van der Waals surface area contributed by atoms with Crippen LogP contribution in [-0.2, 0) is 16.1 Å². The summed E-state index contributed by atoms with van der Waals surface area (Å²) in [5, 5.41) is 0.473. The van der Waals surface area contributed by atoms with E-state index >= 15 is 0 Å². The molecule has 1 atom stereocenters. The molecule has 7 nitrogen and oxygen atoms in total. The second-order valence-electron chi connectivity index (χ2n) is 8.84. The molecule has 1 unspecified atom stereocenters. The van der Waals surface area contributed by atoms with Crippen molar-refractivity contribution in [3.05, 3.63) is 100 Å². The fourth-order valence-electron chi connectivity index (χ4n) is 4.32. The highest BCUT2D eigenvalue weighted by molar-refractivity contribution is 6.33.